The second-order valence-corrected chi connectivity index (χ2v) is 5.57. The molecule has 3 rings (SSSR count). The largest absolute Gasteiger partial charge is 0.484 e. The van der Waals surface area contributed by atoms with Crippen LogP contribution >= 0.6 is 11.6 Å². The highest BCUT2D eigenvalue weighted by molar-refractivity contribution is 6.30. The van der Waals surface area contributed by atoms with E-state index in [1.54, 1.807) is 12.1 Å². The summed E-state index contributed by atoms with van der Waals surface area (Å²) in [6.45, 7) is 4.31. The topological polar surface area (TPSA) is 48.2 Å². The summed E-state index contributed by atoms with van der Waals surface area (Å²) in [6, 6.07) is 13.3. The summed E-state index contributed by atoms with van der Waals surface area (Å²) in [4.78, 5) is 4.32. The summed E-state index contributed by atoms with van der Waals surface area (Å²) in [5.74, 6) is 1.75. The Morgan fingerprint density at radius 2 is 1.73 bits per heavy atom. The van der Waals surface area contributed by atoms with E-state index < -0.39 is 0 Å². The first-order valence-electron chi connectivity index (χ1n) is 6.90. The van der Waals surface area contributed by atoms with Gasteiger partial charge in [-0.2, -0.15) is 4.98 Å². The first-order valence-corrected chi connectivity index (χ1v) is 7.27. The number of halogens is 1. The van der Waals surface area contributed by atoms with Gasteiger partial charge in [0.05, 0.1) is 0 Å². The van der Waals surface area contributed by atoms with Crippen molar-refractivity contribution < 1.29 is 9.26 Å². The molecule has 0 N–H and O–H groups in total. The van der Waals surface area contributed by atoms with Crippen LogP contribution in [0.1, 0.15) is 17.0 Å². The minimum atomic E-state index is 0.240. The molecule has 3 aromatic rings. The highest BCUT2D eigenvalue weighted by Crippen LogP contribution is 2.20. The molecule has 22 heavy (non-hydrogen) atoms. The average Bonchev–Trinajstić information content (AvgIpc) is 2.94. The Hall–Kier alpha value is -2.33. The molecule has 0 aliphatic rings. The van der Waals surface area contributed by atoms with Crippen molar-refractivity contribution in [1.82, 2.24) is 10.1 Å². The van der Waals surface area contributed by atoms with Crippen molar-refractivity contribution in [2.75, 3.05) is 0 Å². The summed E-state index contributed by atoms with van der Waals surface area (Å²) < 4.78 is 10.9. The Morgan fingerprint density at radius 3 is 2.41 bits per heavy atom. The molecule has 0 fully saturated rings. The molecule has 0 radical (unpaired) electrons. The van der Waals surface area contributed by atoms with Gasteiger partial charge in [0.1, 0.15) is 5.75 Å². The van der Waals surface area contributed by atoms with E-state index in [0.29, 0.717) is 16.7 Å². The van der Waals surface area contributed by atoms with E-state index in [2.05, 4.69) is 16.2 Å². The fourth-order valence-corrected chi connectivity index (χ4v) is 2.32. The van der Waals surface area contributed by atoms with E-state index in [-0.39, 0.29) is 6.61 Å². The van der Waals surface area contributed by atoms with Gasteiger partial charge in [-0.25, -0.2) is 0 Å². The fraction of sp³-hybridized carbons (Fsp3) is 0.176. The Morgan fingerprint density at radius 1 is 1.05 bits per heavy atom. The molecule has 1 heterocycles. The zero-order valence-corrected chi connectivity index (χ0v) is 13.1. The molecule has 0 bridgehead atoms. The number of aryl methyl sites for hydroxylation is 2. The van der Waals surface area contributed by atoms with E-state index in [1.165, 1.54) is 0 Å². The number of ether oxygens (including phenoxy) is 1. The van der Waals surface area contributed by atoms with Crippen LogP contribution in [0.25, 0.3) is 11.4 Å². The molecule has 0 atom stereocenters. The molecule has 0 saturated heterocycles. The standard InChI is InChI=1S/C17H15ClN2O2/c1-11-7-12(2)9-15(8-11)21-10-16-19-17(20-22-16)13-3-5-14(18)6-4-13/h3-9H,10H2,1-2H3. The van der Waals surface area contributed by atoms with Crippen LogP contribution in [0.3, 0.4) is 0 Å². The van der Waals surface area contributed by atoms with Crippen LogP contribution in [0.4, 0.5) is 0 Å². The average molecular weight is 315 g/mol. The summed E-state index contributed by atoms with van der Waals surface area (Å²) >= 11 is 5.86. The number of benzene rings is 2. The molecule has 4 nitrogen and oxygen atoms in total. The fourth-order valence-electron chi connectivity index (χ4n) is 2.19. The van der Waals surface area contributed by atoms with E-state index in [0.717, 1.165) is 22.4 Å². The molecular weight excluding hydrogens is 300 g/mol. The van der Waals surface area contributed by atoms with Crippen LogP contribution in [0, 0.1) is 13.8 Å². The van der Waals surface area contributed by atoms with E-state index in [1.807, 2.05) is 38.1 Å². The van der Waals surface area contributed by atoms with Crippen LogP contribution in [0.5, 0.6) is 5.75 Å². The number of aromatic nitrogens is 2. The Labute approximate surface area is 133 Å². The lowest BCUT2D eigenvalue weighted by Gasteiger charge is -2.05. The van der Waals surface area contributed by atoms with Gasteiger partial charge < -0.3 is 9.26 Å². The highest BCUT2D eigenvalue weighted by Gasteiger charge is 2.09. The van der Waals surface area contributed by atoms with Crippen LogP contribution in [-0.2, 0) is 6.61 Å². The van der Waals surface area contributed by atoms with Crippen molar-refractivity contribution in [3.63, 3.8) is 0 Å². The minimum absolute atomic E-state index is 0.240. The zero-order valence-electron chi connectivity index (χ0n) is 12.3. The normalized spacial score (nSPS) is 10.7. The number of hydrogen-bond acceptors (Lipinski definition) is 4. The van der Waals surface area contributed by atoms with Gasteiger partial charge in [0, 0.05) is 10.6 Å². The van der Waals surface area contributed by atoms with Gasteiger partial charge >= 0.3 is 0 Å². The summed E-state index contributed by atoms with van der Waals surface area (Å²) in [7, 11) is 0. The second kappa shape index (κ2) is 6.20. The van der Waals surface area contributed by atoms with E-state index in [9.17, 15) is 0 Å². The molecule has 2 aromatic carbocycles. The smallest absolute Gasteiger partial charge is 0.264 e. The molecule has 0 spiro atoms. The maximum atomic E-state index is 5.86. The predicted molar refractivity (Wildman–Crippen MR) is 85.0 cm³/mol. The molecule has 0 unspecified atom stereocenters. The molecule has 5 heteroatoms. The lowest BCUT2D eigenvalue weighted by atomic mass is 10.1. The van der Waals surface area contributed by atoms with E-state index in [4.69, 9.17) is 20.9 Å². The Bertz CT molecular complexity index is 761. The molecule has 1 aromatic heterocycles. The van der Waals surface area contributed by atoms with Crippen molar-refractivity contribution in [1.29, 1.82) is 0 Å². The van der Waals surface area contributed by atoms with Gasteiger partial charge in [-0.15, -0.1) is 0 Å². The lowest BCUT2D eigenvalue weighted by Crippen LogP contribution is -1.96. The monoisotopic (exact) mass is 314 g/mol. The molecule has 0 amide bonds. The van der Waals surface area contributed by atoms with Crippen LogP contribution in [0.15, 0.2) is 47.0 Å². The molecule has 0 saturated carbocycles. The van der Waals surface area contributed by atoms with Gasteiger partial charge in [0.2, 0.25) is 5.82 Å². The number of hydrogen-bond donors (Lipinski definition) is 0. The van der Waals surface area contributed by atoms with Crippen molar-refractivity contribution in [3.05, 3.63) is 64.5 Å². The third kappa shape index (κ3) is 3.46. The van der Waals surface area contributed by atoms with Gasteiger partial charge in [0.15, 0.2) is 6.61 Å². The lowest BCUT2D eigenvalue weighted by molar-refractivity contribution is 0.242. The Balaban J connectivity index is 1.70. The number of nitrogens with zero attached hydrogens (tertiary/aromatic N) is 2. The maximum Gasteiger partial charge on any atom is 0.264 e. The Kier molecular flexibility index (Phi) is 4.11. The number of rotatable bonds is 4. The second-order valence-electron chi connectivity index (χ2n) is 5.13. The van der Waals surface area contributed by atoms with Crippen LogP contribution in [-0.4, -0.2) is 10.1 Å². The summed E-state index contributed by atoms with van der Waals surface area (Å²) in [5.41, 5.74) is 3.16. The minimum Gasteiger partial charge on any atom is -0.484 e. The SMILES string of the molecule is Cc1cc(C)cc(OCc2nc(-c3ccc(Cl)cc3)no2)c1. The summed E-state index contributed by atoms with van der Waals surface area (Å²) in [5, 5.41) is 4.63. The maximum absolute atomic E-state index is 5.86. The highest BCUT2D eigenvalue weighted by atomic mass is 35.5. The predicted octanol–water partition coefficient (Wildman–Crippen LogP) is 4.59. The third-order valence-electron chi connectivity index (χ3n) is 3.13. The van der Waals surface area contributed by atoms with E-state index >= 15 is 0 Å². The van der Waals surface area contributed by atoms with Crippen molar-refractivity contribution in [3.8, 4) is 17.1 Å². The third-order valence-corrected chi connectivity index (χ3v) is 3.38. The summed E-state index contributed by atoms with van der Waals surface area (Å²) in [6.07, 6.45) is 0. The van der Waals surface area contributed by atoms with Crippen LogP contribution < -0.4 is 4.74 Å². The van der Waals surface area contributed by atoms with Crippen LogP contribution in [0.2, 0.25) is 5.02 Å². The van der Waals surface area contributed by atoms with Gasteiger partial charge in [-0.3, -0.25) is 0 Å². The molecule has 0 aliphatic carbocycles. The van der Waals surface area contributed by atoms with Crippen molar-refractivity contribution in [2.24, 2.45) is 0 Å². The van der Waals surface area contributed by atoms with Crippen molar-refractivity contribution in [2.45, 2.75) is 20.5 Å². The van der Waals surface area contributed by atoms with Gasteiger partial charge in [0.25, 0.3) is 5.89 Å². The first-order chi connectivity index (χ1) is 10.6. The van der Waals surface area contributed by atoms with Crippen molar-refractivity contribution >= 4 is 11.6 Å². The van der Waals surface area contributed by atoms with Gasteiger partial charge in [-0.1, -0.05) is 22.8 Å². The molecular formula is C17H15ClN2O2. The van der Waals surface area contributed by atoms with Gasteiger partial charge in [-0.05, 0) is 61.4 Å². The molecule has 112 valence electrons. The quantitative estimate of drug-likeness (QED) is 0.707. The first kappa shape index (κ1) is 14.6. The molecule has 0 aliphatic heterocycles. The zero-order chi connectivity index (χ0) is 15.5.